The molecule has 0 atom stereocenters. The van der Waals surface area contributed by atoms with Crippen molar-refractivity contribution in [3.63, 3.8) is 0 Å². The van der Waals surface area contributed by atoms with Gasteiger partial charge in [-0.05, 0) is 156 Å². The Morgan fingerprint density at radius 2 is 0.750 bits per heavy atom. The molecular formula is C73H50N2O. The van der Waals surface area contributed by atoms with Crippen molar-refractivity contribution in [3.05, 3.63) is 278 Å². The number of benzene rings is 13. The van der Waals surface area contributed by atoms with Crippen molar-refractivity contribution in [2.24, 2.45) is 0 Å². The average Bonchev–Trinajstić information content (AvgIpc) is 3.97. The number of hydrogen-bond donors (Lipinski definition) is 0. The summed E-state index contributed by atoms with van der Waals surface area (Å²) < 4.78 is 6.56. The van der Waals surface area contributed by atoms with E-state index in [0.29, 0.717) is 0 Å². The summed E-state index contributed by atoms with van der Waals surface area (Å²) in [4.78, 5) is 4.82. The number of nitrogens with zero attached hydrogens (tertiary/aromatic N) is 2. The lowest BCUT2D eigenvalue weighted by molar-refractivity contribution is 0.660. The van der Waals surface area contributed by atoms with Crippen LogP contribution in [0.3, 0.4) is 0 Å². The third-order valence-corrected chi connectivity index (χ3v) is 16.2. The molecule has 1 heterocycles. The maximum atomic E-state index is 6.56. The fourth-order valence-electron chi connectivity index (χ4n) is 12.6. The predicted molar refractivity (Wildman–Crippen MR) is 322 cm³/mol. The SMILES string of the molecule is CC1(C)c2cc(-c3cccc4c3oc3ccccc34)ccc2-c2ccc(N(c3ccc(-c4ccc(N(c5ccccc5)c5ccccc5)c5ccccc45)cc3)c3ccc4c5ccccc5c5ccccc5c4c3)cc21. The van der Waals surface area contributed by atoms with Gasteiger partial charge in [-0.3, -0.25) is 0 Å². The molecule has 0 saturated heterocycles. The molecule has 0 aliphatic heterocycles. The molecule has 0 amide bonds. The Hall–Kier alpha value is -9.70. The molecule has 0 saturated carbocycles. The Morgan fingerprint density at radius 1 is 0.276 bits per heavy atom. The van der Waals surface area contributed by atoms with Crippen LogP contribution >= 0.6 is 0 Å². The summed E-state index contributed by atoms with van der Waals surface area (Å²) in [7, 11) is 0. The van der Waals surface area contributed by atoms with Crippen LogP contribution < -0.4 is 9.80 Å². The molecule has 3 heteroatoms. The van der Waals surface area contributed by atoms with Crippen LogP contribution in [0.5, 0.6) is 0 Å². The summed E-state index contributed by atoms with van der Waals surface area (Å²) in [5.41, 5.74) is 18.0. The predicted octanol–water partition coefficient (Wildman–Crippen LogP) is 20.8. The van der Waals surface area contributed by atoms with E-state index in [1.165, 1.54) is 70.9 Å². The second kappa shape index (κ2) is 17.2. The fourth-order valence-corrected chi connectivity index (χ4v) is 12.6. The lowest BCUT2D eigenvalue weighted by Crippen LogP contribution is -2.16. The summed E-state index contributed by atoms with van der Waals surface area (Å²) in [5, 5.41) is 12.2. The van der Waals surface area contributed by atoms with Crippen LogP contribution in [-0.2, 0) is 5.41 Å². The lowest BCUT2D eigenvalue weighted by atomic mass is 9.81. The van der Waals surface area contributed by atoms with Gasteiger partial charge in [0.15, 0.2) is 0 Å². The minimum absolute atomic E-state index is 0.281. The minimum atomic E-state index is -0.281. The fraction of sp³-hybridized carbons (Fsp3) is 0.0411. The van der Waals surface area contributed by atoms with Gasteiger partial charge in [-0.2, -0.15) is 0 Å². The third kappa shape index (κ3) is 6.82. The summed E-state index contributed by atoms with van der Waals surface area (Å²) in [6.07, 6.45) is 0. The van der Waals surface area contributed by atoms with Crippen molar-refractivity contribution in [3.8, 4) is 33.4 Å². The lowest BCUT2D eigenvalue weighted by Gasteiger charge is -2.29. The Morgan fingerprint density at radius 3 is 1.43 bits per heavy atom. The van der Waals surface area contributed by atoms with Gasteiger partial charge < -0.3 is 14.2 Å². The van der Waals surface area contributed by atoms with Crippen LogP contribution in [-0.4, -0.2) is 0 Å². The molecule has 358 valence electrons. The Labute approximate surface area is 441 Å². The maximum Gasteiger partial charge on any atom is 0.143 e. The van der Waals surface area contributed by atoms with Gasteiger partial charge in [0.1, 0.15) is 11.2 Å². The number of fused-ring (bicyclic) bond motifs is 13. The molecule has 1 aromatic heterocycles. The number of para-hydroxylation sites is 4. The molecule has 3 nitrogen and oxygen atoms in total. The molecule has 1 aliphatic rings. The zero-order chi connectivity index (χ0) is 50.5. The molecule has 0 fully saturated rings. The first-order chi connectivity index (χ1) is 37.5. The van der Waals surface area contributed by atoms with Gasteiger partial charge in [0.05, 0.1) is 5.69 Å². The first kappa shape index (κ1) is 43.8. The smallest absolute Gasteiger partial charge is 0.143 e. The Bertz CT molecular complexity index is 4530. The number of anilines is 6. The Kier molecular flexibility index (Phi) is 9.92. The molecular weight excluding hydrogens is 921 g/mol. The molecule has 0 unspecified atom stereocenters. The van der Waals surface area contributed by atoms with E-state index in [9.17, 15) is 0 Å². The zero-order valence-electron chi connectivity index (χ0n) is 42.2. The largest absolute Gasteiger partial charge is 0.455 e. The summed E-state index contributed by atoms with van der Waals surface area (Å²) in [6, 6.07) is 97.7. The quantitative estimate of drug-likeness (QED) is 0.142. The molecule has 14 aromatic rings. The van der Waals surface area contributed by atoms with Gasteiger partial charge >= 0.3 is 0 Å². The van der Waals surface area contributed by atoms with Crippen LogP contribution in [0, 0.1) is 0 Å². The normalized spacial score (nSPS) is 12.7. The molecule has 15 rings (SSSR count). The third-order valence-electron chi connectivity index (χ3n) is 16.2. The van der Waals surface area contributed by atoms with Crippen molar-refractivity contribution in [1.29, 1.82) is 0 Å². The van der Waals surface area contributed by atoms with Gasteiger partial charge in [-0.15, -0.1) is 0 Å². The highest BCUT2D eigenvalue weighted by atomic mass is 16.3. The van der Waals surface area contributed by atoms with E-state index in [1.807, 2.05) is 6.07 Å². The maximum absolute atomic E-state index is 6.56. The highest BCUT2D eigenvalue weighted by molar-refractivity contribution is 6.26. The van der Waals surface area contributed by atoms with Gasteiger partial charge in [0.2, 0.25) is 0 Å². The summed E-state index contributed by atoms with van der Waals surface area (Å²) in [5.74, 6) is 0. The topological polar surface area (TPSA) is 19.6 Å². The highest BCUT2D eigenvalue weighted by Gasteiger charge is 2.37. The van der Waals surface area contributed by atoms with E-state index in [4.69, 9.17) is 4.42 Å². The van der Waals surface area contributed by atoms with Gasteiger partial charge in [0.25, 0.3) is 0 Å². The van der Waals surface area contributed by atoms with E-state index in [1.54, 1.807) is 0 Å². The average molecular weight is 971 g/mol. The second-order valence-electron chi connectivity index (χ2n) is 20.8. The van der Waals surface area contributed by atoms with E-state index < -0.39 is 0 Å². The van der Waals surface area contributed by atoms with Gasteiger partial charge in [-0.25, -0.2) is 0 Å². The van der Waals surface area contributed by atoms with Crippen molar-refractivity contribution >= 4 is 99.2 Å². The summed E-state index contributed by atoms with van der Waals surface area (Å²) >= 11 is 0. The van der Waals surface area contributed by atoms with E-state index in [2.05, 4.69) is 285 Å². The molecule has 13 aromatic carbocycles. The molecule has 1 aliphatic carbocycles. The van der Waals surface area contributed by atoms with Crippen LogP contribution in [0.15, 0.2) is 271 Å². The Balaban J connectivity index is 0.867. The molecule has 76 heavy (non-hydrogen) atoms. The highest BCUT2D eigenvalue weighted by Crippen LogP contribution is 2.53. The minimum Gasteiger partial charge on any atom is -0.455 e. The molecule has 0 N–H and O–H groups in total. The van der Waals surface area contributed by atoms with Crippen LogP contribution in [0.2, 0.25) is 0 Å². The van der Waals surface area contributed by atoms with Crippen molar-refractivity contribution < 1.29 is 4.42 Å². The van der Waals surface area contributed by atoms with E-state index in [0.717, 1.165) is 72.8 Å². The van der Waals surface area contributed by atoms with Crippen molar-refractivity contribution in [2.45, 2.75) is 19.3 Å². The second-order valence-corrected chi connectivity index (χ2v) is 20.8. The standard InChI is InChI=1S/C73H50N2O/c1-73(2)68-44-48(55-29-17-30-66-65-28-15-16-31-71(65)76-72(55)66)34-39-62(68)63-41-38-53(46-69(63)73)74(52-37-40-61-59-25-10-9-23-57(59)58-24-11-12-26-60(58)67(61)45-52)51-35-32-47(33-36-51)54-42-43-70(64-27-14-13-22-56(54)64)75(49-18-5-3-6-19-49)50-20-7-4-8-21-50/h3-46H,1-2H3. The van der Waals surface area contributed by atoms with E-state index >= 15 is 0 Å². The van der Waals surface area contributed by atoms with Crippen molar-refractivity contribution in [1.82, 2.24) is 0 Å². The van der Waals surface area contributed by atoms with E-state index in [-0.39, 0.29) is 5.41 Å². The molecule has 0 radical (unpaired) electrons. The first-order valence-electron chi connectivity index (χ1n) is 26.3. The van der Waals surface area contributed by atoms with Gasteiger partial charge in [-0.1, -0.05) is 202 Å². The number of hydrogen-bond acceptors (Lipinski definition) is 3. The molecule has 0 spiro atoms. The summed E-state index contributed by atoms with van der Waals surface area (Å²) in [6.45, 7) is 4.77. The van der Waals surface area contributed by atoms with Gasteiger partial charge in [0, 0.05) is 55.6 Å². The van der Waals surface area contributed by atoms with Crippen LogP contribution in [0.4, 0.5) is 34.1 Å². The van der Waals surface area contributed by atoms with Crippen LogP contribution in [0.1, 0.15) is 25.0 Å². The monoisotopic (exact) mass is 970 g/mol. The number of furan rings is 1. The first-order valence-corrected chi connectivity index (χ1v) is 26.3. The zero-order valence-corrected chi connectivity index (χ0v) is 42.2. The molecule has 0 bridgehead atoms. The van der Waals surface area contributed by atoms with Crippen molar-refractivity contribution in [2.75, 3.05) is 9.80 Å². The van der Waals surface area contributed by atoms with Crippen LogP contribution in [0.25, 0.3) is 98.4 Å². The number of rotatable bonds is 8.